The highest BCUT2D eigenvalue weighted by atomic mass is 32.1. The zero-order valence-corrected chi connectivity index (χ0v) is 12.7. The van der Waals surface area contributed by atoms with Crippen LogP contribution in [0, 0.1) is 6.92 Å². The zero-order chi connectivity index (χ0) is 15.5. The number of aromatic nitrogens is 6. The summed E-state index contributed by atoms with van der Waals surface area (Å²) in [5.41, 5.74) is 1.69. The number of anilines is 1. The van der Waals surface area contributed by atoms with Crippen LogP contribution in [0.15, 0.2) is 31.0 Å². The van der Waals surface area contributed by atoms with E-state index in [9.17, 15) is 4.79 Å². The topological polar surface area (TPSA) is 97.7 Å². The number of carbonyl (C=O) groups excluding carboxylic acids is 1. The van der Waals surface area contributed by atoms with Gasteiger partial charge < -0.3 is 0 Å². The van der Waals surface area contributed by atoms with Crippen LogP contribution in [0.25, 0.3) is 10.7 Å². The normalized spacial score (nSPS) is 10.5. The van der Waals surface area contributed by atoms with Crippen LogP contribution in [-0.4, -0.2) is 43.1 Å². The molecule has 0 aliphatic rings. The van der Waals surface area contributed by atoms with Crippen LogP contribution in [0.3, 0.4) is 0 Å². The lowest BCUT2D eigenvalue weighted by Gasteiger charge is -2.11. The van der Waals surface area contributed by atoms with Crippen molar-refractivity contribution < 1.29 is 4.79 Å². The predicted octanol–water partition coefficient (Wildman–Crippen LogP) is 1.37. The van der Waals surface area contributed by atoms with Crippen molar-refractivity contribution in [3.8, 4) is 10.7 Å². The van der Waals surface area contributed by atoms with Crippen LogP contribution in [0.4, 0.5) is 5.13 Å². The van der Waals surface area contributed by atoms with E-state index in [2.05, 4.69) is 30.1 Å². The third kappa shape index (κ3) is 2.79. The van der Waals surface area contributed by atoms with Gasteiger partial charge in [0.25, 0.3) is 5.91 Å². The summed E-state index contributed by atoms with van der Waals surface area (Å²) in [7, 11) is 1.61. The first kappa shape index (κ1) is 14.1. The Morgan fingerprint density at radius 1 is 1.09 bits per heavy atom. The summed E-state index contributed by atoms with van der Waals surface area (Å²) in [6, 6.07) is 0. The fourth-order valence-electron chi connectivity index (χ4n) is 1.63. The van der Waals surface area contributed by atoms with E-state index in [1.165, 1.54) is 34.8 Å². The summed E-state index contributed by atoms with van der Waals surface area (Å²) in [6.45, 7) is 1.86. The minimum Gasteiger partial charge on any atom is -0.284 e. The zero-order valence-electron chi connectivity index (χ0n) is 11.8. The van der Waals surface area contributed by atoms with Crippen molar-refractivity contribution >= 4 is 22.4 Å². The molecule has 22 heavy (non-hydrogen) atoms. The Hall–Kier alpha value is -2.81. The number of hydrogen-bond acceptors (Lipinski definition) is 8. The lowest BCUT2D eigenvalue weighted by molar-refractivity contribution is 0.0987. The number of aryl methyl sites for hydroxylation is 1. The van der Waals surface area contributed by atoms with Gasteiger partial charge in [-0.05, 0) is 6.92 Å². The third-order valence-corrected chi connectivity index (χ3v) is 3.81. The van der Waals surface area contributed by atoms with Gasteiger partial charge in [-0.25, -0.2) is 4.98 Å². The fourth-order valence-corrected chi connectivity index (χ4v) is 2.39. The molecule has 0 N–H and O–H groups in total. The van der Waals surface area contributed by atoms with E-state index in [1.807, 2.05) is 6.92 Å². The maximum atomic E-state index is 12.3. The second kappa shape index (κ2) is 5.90. The molecule has 110 valence electrons. The Kier molecular flexibility index (Phi) is 3.79. The van der Waals surface area contributed by atoms with E-state index in [1.54, 1.807) is 19.4 Å². The monoisotopic (exact) mass is 313 g/mol. The van der Waals surface area contributed by atoms with Gasteiger partial charge in [-0.15, -0.1) is 10.2 Å². The molecule has 0 atom stereocenters. The average Bonchev–Trinajstić information content (AvgIpc) is 3.05. The van der Waals surface area contributed by atoms with E-state index < -0.39 is 0 Å². The van der Waals surface area contributed by atoms with Crippen molar-refractivity contribution in [3.63, 3.8) is 0 Å². The molecule has 1 amide bonds. The Balaban J connectivity index is 1.84. The van der Waals surface area contributed by atoms with E-state index in [0.717, 1.165) is 5.69 Å². The van der Waals surface area contributed by atoms with Crippen LogP contribution in [0.5, 0.6) is 0 Å². The first-order valence-electron chi connectivity index (χ1n) is 6.32. The van der Waals surface area contributed by atoms with Crippen molar-refractivity contribution in [1.29, 1.82) is 0 Å². The molecule has 0 saturated carbocycles. The molecule has 0 radical (unpaired) electrons. The summed E-state index contributed by atoms with van der Waals surface area (Å²) in [4.78, 5) is 29.9. The minimum absolute atomic E-state index is 0.247. The molecule has 3 aromatic heterocycles. The minimum atomic E-state index is -0.300. The lowest BCUT2D eigenvalue weighted by Crippen LogP contribution is -2.27. The molecule has 0 bridgehead atoms. The second-order valence-corrected chi connectivity index (χ2v) is 5.34. The smallest absolute Gasteiger partial charge is 0.280 e. The highest BCUT2D eigenvalue weighted by Gasteiger charge is 2.19. The van der Waals surface area contributed by atoms with Gasteiger partial charge in [-0.2, -0.15) is 0 Å². The standard InChI is InChI=1S/C13H11N7OS/c1-8-5-17-9(7-16-8)11-18-19-13(22-11)20(2)12(21)10-6-14-3-4-15-10/h3-7H,1-2H3. The Morgan fingerprint density at radius 3 is 2.64 bits per heavy atom. The number of rotatable bonds is 3. The molecule has 3 heterocycles. The highest BCUT2D eigenvalue weighted by molar-refractivity contribution is 7.18. The van der Waals surface area contributed by atoms with Gasteiger partial charge in [0.1, 0.15) is 11.4 Å². The summed E-state index contributed by atoms with van der Waals surface area (Å²) in [5, 5.41) is 9.12. The molecule has 3 rings (SSSR count). The maximum absolute atomic E-state index is 12.3. The van der Waals surface area contributed by atoms with Gasteiger partial charge >= 0.3 is 0 Å². The second-order valence-electron chi connectivity index (χ2n) is 4.39. The third-order valence-electron chi connectivity index (χ3n) is 2.79. The largest absolute Gasteiger partial charge is 0.284 e. The Morgan fingerprint density at radius 2 is 1.95 bits per heavy atom. The lowest BCUT2D eigenvalue weighted by atomic mass is 10.4. The van der Waals surface area contributed by atoms with Gasteiger partial charge in [0.2, 0.25) is 5.13 Å². The number of nitrogens with zero attached hydrogens (tertiary/aromatic N) is 7. The van der Waals surface area contributed by atoms with Crippen molar-refractivity contribution in [1.82, 2.24) is 30.1 Å². The molecule has 0 unspecified atom stereocenters. The van der Waals surface area contributed by atoms with Crippen molar-refractivity contribution in [2.75, 3.05) is 11.9 Å². The number of carbonyl (C=O) groups is 1. The van der Waals surface area contributed by atoms with Crippen LogP contribution >= 0.6 is 11.3 Å². The van der Waals surface area contributed by atoms with Crippen LogP contribution in [0.1, 0.15) is 16.2 Å². The molecule has 3 aromatic rings. The van der Waals surface area contributed by atoms with Crippen molar-refractivity contribution in [2.45, 2.75) is 6.92 Å². The van der Waals surface area contributed by atoms with Gasteiger partial charge in [-0.3, -0.25) is 24.6 Å². The highest BCUT2D eigenvalue weighted by Crippen LogP contribution is 2.26. The maximum Gasteiger partial charge on any atom is 0.280 e. The number of amides is 1. The fraction of sp³-hybridized carbons (Fsp3) is 0.154. The molecule has 0 fully saturated rings. The molecular formula is C13H11N7OS. The molecule has 0 saturated heterocycles. The molecule has 0 spiro atoms. The molecule has 8 nitrogen and oxygen atoms in total. The van der Waals surface area contributed by atoms with E-state index in [-0.39, 0.29) is 11.6 Å². The number of hydrogen-bond donors (Lipinski definition) is 0. The molecule has 9 heteroatoms. The Labute approximate surface area is 129 Å². The van der Waals surface area contributed by atoms with Gasteiger partial charge in [-0.1, -0.05) is 11.3 Å². The van der Waals surface area contributed by atoms with Crippen molar-refractivity contribution in [3.05, 3.63) is 42.4 Å². The van der Waals surface area contributed by atoms with Gasteiger partial charge in [0, 0.05) is 25.6 Å². The van der Waals surface area contributed by atoms with Crippen LogP contribution in [-0.2, 0) is 0 Å². The molecule has 0 aromatic carbocycles. The van der Waals surface area contributed by atoms with Crippen molar-refractivity contribution in [2.24, 2.45) is 0 Å². The summed E-state index contributed by atoms with van der Waals surface area (Å²) in [5.74, 6) is -0.300. The summed E-state index contributed by atoms with van der Waals surface area (Å²) < 4.78 is 0. The summed E-state index contributed by atoms with van der Waals surface area (Å²) in [6.07, 6.45) is 7.67. The predicted molar refractivity (Wildman–Crippen MR) is 80.4 cm³/mol. The molecule has 0 aliphatic carbocycles. The van der Waals surface area contributed by atoms with Gasteiger partial charge in [0.05, 0.1) is 18.1 Å². The average molecular weight is 313 g/mol. The van der Waals surface area contributed by atoms with Crippen LogP contribution in [0.2, 0.25) is 0 Å². The Bertz CT molecular complexity index is 788. The molecular weight excluding hydrogens is 302 g/mol. The quantitative estimate of drug-likeness (QED) is 0.720. The SMILES string of the molecule is Cc1cnc(-c2nnc(N(C)C(=O)c3cnccn3)s2)cn1. The first-order chi connectivity index (χ1) is 10.6. The van der Waals surface area contributed by atoms with E-state index >= 15 is 0 Å². The molecule has 0 aliphatic heterocycles. The van der Waals surface area contributed by atoms with E-state index in [0.29, 0.717) is 15.8 Å². The van der Waals surface area contributed by atoms with Crippen LogP contribution < -0.4 is 4.90 Å². The van der Waals surface area contributed by atoms with Gasteiger partial charge in [0.15, 0.2) is 5.01 Å². The van der Waals surface area contributed by atoms with E-state index in [4.69, 9.17) is 0 Å². The summed E-state index contributed by atoms with van der Waals surface area (Å²) >= 11 is 1.26. The first-order valence-corrected chi connectivity index (χ1v) is 7.13.